The van der Waals surface area contributed by atoms with Gasteiger partial charge in [0.05, 0.1) is 11.3 Å². The zero-order chi connectivity index (χ0) is 8.01. The van der Waals surface area contributed by atoms with E-state index in [1.54, 1.807) is 0 Å². The van der Waals surface area contributed by atoms with Gasteiger partial charge in [0.1, 0.15) is 0 Å². The van der Waals surface area contributed by atoms with E-state index < -0.39 is 0 Å². The molecule has 0 unspecified atom stereocenters. The van der Waals surface area contributed by atoms with E-state index in [0.29, 0.717) is 0 Å². The highest BCUT2D eigenvalue weighted by Crippen LogP contribution is 2.27. The summed E-state index contributed by atoms with van der Waals surface area (Å²) in [5.41, 5.74) is 1.87. The fourth-order valence-corrected chi connectivity index (χ4v) is 1.69. The Morgan fingerprint density at radius 1 is 1.18 bits per heavy atom. The average molecular weight is 153 g/mol. The molecule has 4 heteroatoms. The molecular formula is C7H11N3O. The zero-order valence-electron chi connectivity index (χ0n) is 6.56. The van der Waals surface area contributed by atoms with Gasteiger partial charge in [0.2, 0.25) is 0 Å². The largest absolute Gasteiger partial charge is 0.302 e. The van der Waals surface area contributed by atoms with Crippen LogP contribution in [-0.4, -0.2) is 10.2 Å². The van der Waals surface area contributed by atoms with Gasteiger partial charge in [-0.2, -0.15) is 0 Å². The van der Waals surface area contributed by atoms with Gasteiger partial charge in [0, 0.05) is 12.1 Å². The van der Waals surface area contributed by atoms with Crippen molar-refractivity contribution in [1.29, 1.82) is 0 Å². The van der Waals surface area contributed by atoms with Crippen molar-refractivity contribution in [3.05, 3.63) is 21.6 Å². The molecule has 0 spiro atoms. The van der Waals surface area contributed by atoms with Crippen molar-refractivity contribution in [3.8, 4) is 0 Å². The van der Waals surface area contributed by atoms with E-state index in [0.717, 1.165) is 11.3 Å². The van der Waals surface area contributed by atoms with E-state index in [2.05, 4.69) is 15.5 Å². The third-order valence-corrected chi connectivity index (χ3v) is 2.21. The van der Waals surface area contributed by atoms with E-state index in [9.17, 15) is 4.79 Å². The average Bonchev–Trinajstić information content (AvgIpc) is 2.41. The minimum absolute atomic E-state index is 0.00403. The fraction of sp³-hybridized carbons (Fsp3) is 0.571. The van der Waals surface area contributed by atoms with Crippen LogP contribution in [0.5, 0.6) is 0 Å². The van der Waals surface area contributed by atoms with E-state index in [1.807, 2.05) is 13.8 Å². The number of rotatable bonds is 0. The number of H-pyrrole nitrogens is 2. The quantitative estimate of drug-likeness (QED) is 0.506. The van der Waals surface area contributed by atoms with Gasteiger partial charge >= 0.3 is 0 Å². The van der Waals surface area contributed by atoms with E-state index in [-0.39, 0.29) is 17.6 Å². The lowest BCUT2D eigenvalue weighted by Crippen LogP contribution is -2.17. The summed E-state index contributed by atoms with van der Waals surface area (Å²) in [4.78, 5) is 11.1. The van der Waals surface area contributed by atoms with Gasteiger partial charge in [-0.3, -0.25) is 9.89 Å². The Morgan fingerprint density at radius 3 is 2.55 bits per heavy atom. The first-order valence-corrected chi connectivity index (χ1v) is 3.76. The highest BCUT2D eigenvalue weighted by molar-refractivity contribution is 5.28. The van der Waals surface area contributed by atoms with Crippen LogP contribution in [-0.2, 0) is 0 Å². The van der Waals surface area contributed by atoms with Gasteiger partial charge in [-0.05, 0) is 13.8 Å². The first-order chi connectivity index (χ1) is 5.20. The molecule has 0 fully saturated rings. The summed E-state index contributed by atoms with van der Waals surface area (Å²) < 4.78 is 0. The molecule has 4 nitrogen and oxygen atoms in total. The summed E-state index contributed by atoms with van der Waals surface area (Å²) in [5.74, 6) is 0. The van der Waals surface area contributed by atoms with Crippen molar-refractivity contribution < 1.29 is 0 Å². The third-order valence-electron chi connectivity index (χ3n) is 2.21. The second kappa shape index (κ2) is 1.98. The SMILES string of the molecule is C[C@@H]1N[C@H](C)c2c1[nH][nH]c2=O. The van der Waals surface area contributed by atoms with Crippen LogP contribution in [0, 0.1) is 0 Å². The predicted molar refractivity (Wildman–Crippen MR) is 41.4 cm³/mol. The van der Waals surface area contributed by atoms with Crippen LogP contribution in [0.2, 0.25) is 0 Å². The summed E-state index contributed by atoms with van der Waals surface area (Å²) in [5, 5.41) is 8.70. The summed E-state index contributed by atoms with van der Waals surface area (Å²) in [6.07, 6.45) is 0. The molecule has 1 aliphatic rings. The van der Waals surface area contributed by atoms with Gasteiger partial charge < -0.3 is 10.4 Å². The maximum absolute atomic E-state index is 11.1. The van der Waals surface area contributed by atoms with E-state index in [1.165, 1.54) is 0 Å². The monoisotopic (exact) mass is 153 g/mol. The topological polar surface area (TPSA) is 60.7 Å². The van der Waals surface area contributed by atoms with Crippen LogP contribution in [0.15, 0.2) is 4.79 Å². The minimum Gasteiger partial charge on any atom is -0.302 e. The Morgan fingerprint density at radius 2 is 1.91 bits per heavy atom. The van der Waals surface area contributed by atoms with Crippen molar-refractivity contribution in [1.82, 2.24) is 15.5 Å². The molecule has 0 radical (unpaired) electrons. The smallest absolute Gasteiger partial charge is 0.268 e. The molecule has 2 heterocycles. The highest BCUT2D eigenvalue weighted by Gasteiger charge is 2.28. The fourth-order valence-electron chi connectivity index (χ4n) is 1.69. The number of aromatic amines is 2. The summed E-state index contributed by atoms with van der Waals surface area (Å²) >= 11 is 0. The van der Waals surface area contributed by atoms with Gasteiger partial charge in [0.15, 0.2) is 0 Å². The Balaban J connectivity index is 2.63. The molecule has 0 bridgehead atoms. The van der Waals surface area contributed by atoms with Crippen molar-refractivity contribution in [2.45, 2.75) is 25.9 Å². The van der Waals surface area contributed by atoms with Crippen LogP contribution >= 0.6 is 0 Å². The molecule has 0 saturated carbocycles. The van der Waals surface area contributed by atoms with Crippen LogP contribution in [0.25, 0.3) is 0 Å². The lowest BCUT2D eigenvalue weighted by atomic mass is 10.1. The normalized spacial score (nSPS) is 28.9. The van der Waals surface area contributed by atoms with Crippen LogP contribution in [0.1, 0.15) is 37.2 Å². The molecule has 2 atom stereocenters. The molecule has 0 saturated heterocycles. The second-order valence-corrected chi connectivity index (χ2v) is 3.02. The molecule has 0 aromatic carbocycles. The molecular weight excluding hydrogens is 142 g/mol. The molecule has 1 aromatic rings. The molecule has 0 aliphatic carbocycles. The first kappa shape index (κ1) is 6.67. The van der Waals surface area contributed by atoms with Crippen molar-refractivity contribution in [2.75, 3.05) is 0 Å². The van der Waals surface area contributed by atoms with Crippen molar-refractivity contribution >= 4 is 0 Å². The van der Waals surface area contributed by atoms with Crippen LogP contribution in [0.3, 0.4) is 0 Å². The summed E-state index contributed by atoms with van der Waals surface area (Å²) in [6.45, 7) is 4.03. The second-order valence-electron chi connectivity index (χ2n) is 3.02. The molecule has 3 N–H and O–H groups in total. The maximum atomic E-state index is 11.1. The molecule has 2 rings (SSSR count). The van der Waals surface area contributed by atoms with Crippen LogP contribution in [0.4, 0.5) is 0 Å². The lowest BCUT2D eigenvalue weighted by Gasteiger charge is -2.04. The van der Waals surface area contributed by atoms with Gasteiger partial charge in [-0.1, -0.05) is 0 Å². The molecule has 60 valence electrons. The minimum atomic E-state index is 0.00403. The molecule has 0 amide bonds. The number of nitrogens with one attached hydrogen (secondary N) is 3. The molecule has 1 aliphatic heterocycles. The molecule has 11 heavy (non-hydrogen) atoms. The summed E-state index contributed by atoms with van der Waals surface area (Å²) in [6, 6.07) is 0.439. The maximum Gasteiger partial charge on any atom is 0.268 e. The number of aromatic nitrogens is 2. The lowest BCUT2D eigenvalue weighted by molar-refractivity contribution is 0.539. The Hall–Kier alpha value is -1.03. The zero-order valence-corrected chi connectivity index (χ0v) is 6.56. The number of hydrogen-bond donors (Lipinski definition) is 3. The Bertz CT molecular complexity index is 325. The van der Waals surface area contributed by atoms with E-state index in [4.69, 9.17) is 0 Å². The molecule has 1 aromatic heterocycles. The highest BCUT2D eigenvalue weighted by atomic mass is 16.1. The Labute approximate surface area is 64.0 Å². The van der Waals surface area contributed by atoms with Gasteiger partial charge in [-0.25, -0.2) is 0 Å². The van der Waals surface area contributed by atoms with Gasteiger partial charge in [-0.15, -0.1) is 0 Å². The van der Waals surface area contributed by atoms with Crippen molar-refractivity contribution in [2.24, 2.45) is 0 Å². The standard InChI is InChI=1S/C7H11N3O/c1-3-5-6(4(2)8-3)9-10-7(5)11/h3-4,8H,1-2H3,(H2,9,10,11)/t3-,4+/m1/s1. The van der Waals surface area contributed by atoms with Crippen LogP contribution < -0.4 is 10.9 Å². The number of hydrogen-bond acceptors (Lipinski definition) is 2. The predicted octanol–water partition coefficient (Wildman–Crippen LogP) is 0.428. The first-order valence-electron chi connectivity index (χ1n) is 3.76. The number of fused-ring (bicyclic) bond motifs is 1. The summed E-state index contributed by atoms with van der Waals surface area (Å²) in [7, 11) is 0. The van der Waals surface area contributed by atoms with Gasteiger partial charge in [0.25, 0.3) is 5.56 Å². The third kappa shape index (κ3) is 0.758. The Kier molecular flexibility index (Phi) is 1.20. The van der Waals surface area contributed by atoms with Crippen molar-refractivity contribution in [3.63, 3.8) is 0 Å². The van der Waals surface area contributed by atoms with E-state index >= 15 is 0 Å².